The summed E-state index contributed by atoms with van der Waals surface area (Å²) in [7, 11) is -2.79. The van der Waals surface area contributed by atoms with Crippen LogP contribution in [-0.2, 0) is 26.2 Å². The molecule has 0 spiro atoms. The number of sulfonamides is 1. The quantitative estimate of drug-likeness (QED) is 0.340. The van der Waals surface area contributed by atoms with E-state index in [0.717, 1.165) is 4.31 Å². The number of anilines is 1. The standard InChI is InChI=1S/C28H31ClFN3O5S/c1-4-17-31-28(35)20(2)32(18-21-7-5-6-8-26(21)30)27(34)19-33(23-11-9-22(29)10-12-23)39(36,37)25-15-13-24(38-3)14-16-25/h5-16,20H,4,17-19H2,1-3H3,(H,31,35). The van der Waals surface area contributed by atoms with Gasteiger partial charge in [0.1, 0.15) is 24.2 Å². The summed E-state index contributed by atoms with van der Waals surface area (Å²) in [4.78, 5) is 27.7. The van der Waals surface area contributed by atoms with E-state index >= 15 is 0 Å². The zero-order chi connectivity index (χ0) is 28.6. The van der Waals surface area contributed by atoms with Gasteiger partial charge in [0.15, 0.2) is 0 Å². The summed E-state index contributed by atoms with van der Waals surface area (Å²) in [6, 6.07) is 16.6. The first kappa shape index (κ1) is 29.9. The number of ether oxygens (including phenoxy) is 1. The summed E-state index contributed by atoms with van der Waals surface area (Å²) >= 11 is 6.02. The van der Waals surface area contributed by atoms with Crippen LogP contribution in [0.2, 0.25) is 5.02 Å². The van der Waals surface area contributed by atoms with Crippen molar-refractivity contribution in [3.8, 4) is 5.75 Å². The number of benzene rings is 3. The number of hydrogen-bond acceptors (Lipinski definition) is 5. The van der Waals surface area contributed by atoms with E-state index in [1.807, 2.05) is 6.92 Å². The van der Waals surface area contributed by atoms with E-state index in [0.29, 0.717) is 23.7 Å². The fourth-order valence-electron chi connectivity index (χ4n) is 3.80. The molecule has 0 heterocycles. The van der Waals surface area contributed by atoms with Crippen molar-refractivity contribution < 1.29 is 27.1 Å². The molecule has 3 rings (SSSR count). The Labute approximate surface area is 233 Å². The Morgan fingerprint density at radius 1 is 1.03 bits per heavy atom. The highest BCUT2D eigenvalue weighted by atomic mass is 35.5. The zero-order valence-corrected chi connectivity index (χ0v) is 23.5. The van der Waals surface area contributed by atoms with E-state index in [1.54, 1.807) is 6.07 Å². The van der Waals surface area contributed by atoms with Crippen LogP contribution in [0.15, 0.2) is 77.7 Å². The van der Waals surface area contributed by atoms with Crippen LogP contribution in [0.1, 0.15) is 25.8 Å². The Bertz CT molecular complexity index is 1390. The first-order chi connectivity index (χ1) is 18.6. The smallest absolute Gasteiger partial charge is 0.264 e. The predicted molar refractivity (Wildman–Crippen MR) is 149 cm³/mol. The van der Waals surface area contributed by atoms with Gasteiger partial charge in [0.05, 0.1) is 17.7 Å². The van der Waals surface area contributed by atoms with Crippen molar-refractivity contribution >= 4 is 39.1 Å². The lowest BCUT2D eigenvalue weighted by Gasteiger charge is -2.32. The van der Waals surface area contributed by atoms with Crippen molar-refractivity contribution in [2.45, 2.75) is 37.8 Å². The highest BCUT2D eigenvalue weighted by Crippen LogP contribution is 2.27. The van der Waals surface area contributed by atoms with Gasteiger partial charge in [-0.2, -0.15) is 0 Å². The number of amides is 2. The van der Waals surface area contributed by atoms with Gasteiger partial charge in [0.2, 0.25) is 11.8 Å². The van der Waals surface area contributed by atoms with E-state index in [4.69, 9.17) is 16.3 Å². The predicted octanol–water partition coefficient (Wildman–Crippen LogP) is 4.63. The average molecular weight is 576 g/mol. The molecule has 11 heteroatoms. The van der Waals surface area contributed by atoms with Crippen molar-refractivity contribution in [3.05, 3.63) is 89.2 Å². The largest absolute Gasteiger partial charge is 0.497 e. The second kappa shape index (κ2) is 13.4. The van der Waals surface area contributed by atoms with E-state index in [-0.39, 0.29) is 22.7 Å². The molecule has 208 valence electrons. The number of methoxy groups -OCH3 is 1. The molecular formula is C28H31ClFN3O5S. The molecule has 0 aliphatic rings. The van der Waals surface area contributed by atoms with Gasteiger partial charge < -0.3 is 15.0 Å². The lowest BCUT2D eigenvalue weighted by atomic mass is 10.1. The molecule has 39 heavy (non-hydrogen) atoms. The van der Waals surface area contributed by atoms with Crippen LogP contribution in [0.5, 0.6) is 5.75 Å². The topological polar surface area (TPSA) is 96.0 Å². The Kier molecular flexibility index (Phi) is 10.3. The number of hydrogen-bond donors (Lipinski definition) is 1. The molecule has 3 aromatic carbocycles. The van der Waals surface area contributed by atoms with Crippen molar-refractivity contribution in [2.75, 3.05) is 24.5 Å². The van der Waals surface area contributed by atoms with Crippen LogP contribution in [0.4, 0.5) is 10.1 Å². The van der Waals surface area contributed by atoms with Gasteiger partial charge in [-0.05, 0) is 67.9 Å². The van der Waals surface area contributed by atoms with Gasteiger partial charge in [-0.15, -0.1) is 0 Å². The summed E-state index contributed by atoms with van der Waals surface area (Å²) in [5.41, 5.74) is 0.384. The zero-order valence-electron chi connectivity index (χ0n) is 21.9. The van der Waals surface area contributed by atoms with Gasteiger partial charge in [0.25, 0.3) is 10.0 Å². The molecule has 0 saturated carbocycles. The van der Waals surface area contributed by atoms with Crippen LogP contribution in [0.3, 0.4) is 0 Å². The monoisotopic (exact) mass is 575 g/mol. The second-order valence-corrected chi connectivity index (χ2v) is 11.0. The van der Waals surface area contributed by atoms with Gasteiger partial charge in [-0.3, -0.25) is 13.9 Å². The molecule has 0 aromatic heterocycles. The molecule has 0 radical (unpaired) electrons. The Morgan fingerprint density at radius 3 is 2.26 bits per heavy atom. The van der Waals surface area contributed by atoms with E-state index in [9.17, 15) is 22.4 Å². The van der Waals surface area contributed by atoms with Crippen molar-refractivity contribution in [2.24, 2.45) is 0 Å². The van der Waals surface area contributed by atoms with Gasteiger partial charge in [0, 0.05) is 23.7 Å². The van der Waals surface area contributed by atoms with Crippen LogP contribution in [-0.4, -0.2) is 51.4 Å². The van der Waals surface area contributed by atoms with E-state index < -0.39 is 40.2 Å². The molecule has 0 aliphatic heterocycles. The number of halogens is 2. The third-order valence-electron chi connectivity index (χ3n) is 6.06. The first-order valence-corrected chi connectivity index (χ1v) is 14.1. The average Bonchev–Trinajstić information content (AvgIpc) is 2.94. The molecule has 0 bridgehead atoms. The fraction of sp³-hybridized carbons (Fsp3) is 0.286. The van der Waals surface area contributed by atoms with Crippen molar-refractivity contribution in [1.82, 2.24) is 10.2 Å². The number of carbonyl (C=O) groups is 2. The first-order valence-electron chi connectivity index (χ1n) is 12.3. The Balaban J connectivity index is 2.02. The molecule has 0 aliphatic carbocycles. The molecule has 1 unspecified atom stereocenters. The van der Waals surface area contributed by atoms with Crippen LogP contribution < -0.4 is 14.4 Å². The molecule has 2 amide bonds. The molecule has 1 N–H and O–H groups in total. The van der Waals surface area contributed by atoms with E-state index in [1.165, 1.54) is 85.7 Å². The number of nitrogens with zero attached hydrogens (tertiary/aromatic N) is 2. The molecule has 8 nitrogen and oxygen atoms in total. The second-order valence-electron chi connectivity index (χ2n) is 8.74. The van der Waals surface area contributed by atoms with Crippen LogP contribution in [0.25, 0.3) is 0 Å². The molecule has 0 fully saturated rings. The normalized spacial score (nSPS) is 11.9. The van der Waals surface area contributed by atoms with Gasteiger partial charge in [-0.1, -0.05) is 36.7 Å². The summed E-state index contributed by atoms with van der Waals surface area (Å²) < 4.78 is 48.2. The molecular weight excluding hydrogens is 545 g/mol. The minimum absolute atomic E-state index is 0.0690. The number of nitrogens with one attached hydrogen (secondary N) is 1. The number of rotatable bonds is 12. The Hall–Kier alpha value is -3.63. The minimum atomic E-state index is -4.25. The third-order valence-corrected chi connectivity index (χ3v) is 8.10. The van der Waals surface area contributed by atoms with Gasteiger partial charge >= 0.3 is 0 Å². The summed E-state index contributed by atoms with van der Waals surface area (Å²) in [5, 5.41) is 3.12. The molecule has 1 atom stereocenters. The molecule has 3 aromatic rings. The fourth-order valence-corrected chi connectivity index (χ4v) is 5.34. The maximum atomic E-state index is 14.6. The number of carbonyl (C=O) groups excluding carboxylic acids is 2. The lowest BCUT2D eigenvalue weighted by Crippen LogP contribution is -2.51. The summed E-state index contributed by atoms with van der Waals surface area (Å²) in [6.45, 7) is 2.93. The lowest BCUT2D eigenvalue weighted by molar-refractivity contribution is -0.139. The van der Waals surface area contributed by atoms with Crippen LogP contribution in [0, 0.1) is 5.82 Å². The SMILES string of the molecule is CCCNC(=O)C(C)N(Cc1ccccc1F)C(=O)CN(c1ccc(Cl)cc1)S(=O)(=O)c1ccc(OC)cc1. The Morgan fingerprint density at radius 2 is 1.67 bits per heavy atom. The van der Waals surface area contributed by atoms with Crippen molar-refractivity contribution in [3.63, 3.8) is 0 Å². The van der Waals surface area contributed by atoms with Crippen LogP contribution >= 0.6 is 11.6 Å². The van der Waals surface area contributed by atoms with Gasteiger partial charge in [-0.25, -0.2) is 12.8 Å². The summed E-state index contributed by atoms with van der Waals surface area (Å²) in [5.74, 6) is -1.20. The van der Waals surface area contributed by atoms with Crippen molar-refractivity contribution in [1.29, 1.82) is 0 Å². The highest BCUT2D eigenvalue weighted by Gasteiger charge is 2.32. The molecule has 0 saturated heterocycles. The summed E-state index contributed by atoms with van der Waals surface area (Å²) in [6.07, 6.45) is 0.685. The minimum Gasteiger partial charge on any atom is -0.497 e. The highest BCUT2D eigenvalue weighted by molar-refractivity contribution is 7.92. The maximum Gasteiger partial charge on any atom is 0.264 e. The maximum absolute atomic E-state index is 14.6. The third kappa shape index (κ3) is 7.48. The van der Waals surface area contributed by atoms with E-state index in [2.05, 4.69) is 5.32 Å².